The van der Waals surface area contributed by atoms with Crippen molar-refractivity contribution in [2.24, 2.45) is 17.8 Å². The first-order valence-electron chi connectivity index (χ1n) is 12.1. The Labute approximate surface area is 213 Å². The summed E-state index contributed by atoms with van der Waals surface area (Å²) in [6, 6.07) is 8.04. The Morgan fingerprint density at radius 2 is 1.97 bits per heavy atom. The van der Waals surface area contributed by atoms with Crippen LogP contribution in [0.1, 0.15) is 40.0 Å². The first-order chi connectivity index (χ1) is 16.3. The number of hydrogen-bond donors (Lipinski definition) is 3. The molecule has 0 saturated carbocycles. The number of rotatable bonds is 9. The van der Waals surface area contributed by atoms with E-state index in [0.717, 1.165) is 12.8 Å². The number of hydrogen-bond acceptors (Lipinski definition) is 5. The highest BCUT2D eigenvalue weighted by Crippen LogP contribution is 2.68. The minimum absolute atomic E-state index is 0.0191. The van der Waals surface area contributed by atoms with E-state index in [4.69, 9.17) is 0 Å². The average Bonchev–Trinajstić information content (AvgIpc) is 3.39. The molecule has 7 nitrogen and oxygen atoms in total. The van der Waals surface area contributed by atoms with Crippen molar-refractivity contribution in [2.45, 2.75) is 66.9 Å². The van der Waals surface area contributed by atoms with Crippen LogP contribution in [0.2, 0.25) is 0 Å². The molecule has 3 heterocycles. The lowest BCUT2D eigenvalue weighted by Gasteiger charge is -2.38. The number of amides is 3. The van der Waals surface area contributed by atoms with Gasteiger partial charge < -0.3 is 20.6 Å². The van der Waals surface area contributed by atoms with Crippen molar-refractivity contribution < 1.29 is 19.5 Å². The Hall–Kier alpha value is -1.58. The summed E-state index contributed by atoms with van der Waals surface area (Å²) in [4.78, 5) is 42.8. The van der Waals surface area contributed by atoms with E-state index in [1.807, 2.05) is 44.2 Å². The summed E-state index contributed by atoms with van der Waals surface area (Å²) in [6.45, 7) is 6.28. The van der Waals surface area contributed by atoms with Gasteiger partial charge in [0.05, 0.1) is 29.2 Å². The van der Waals surface area contributed by atoms with Gasteiger partial charge in [0.2, 0.25) is 17.7 Å². The summed E-state index contributed by atoms with van der Waals surface area (Å²) in [6.07, 6.45) is 2.44. The van der Waals surface area contributed by atoms with Gasteiger partial charge in [-0.1, -0.05) is 61.3 Å². The van der Waals surface area contributed by atoms with Crippen molar-refractivity contribution >= 4 is 51.1 Å². The zero-order valence-corrected chi connectivity index (χ0v) is 22.3. The summed E-state index contributed by atoms with van der Waals surface area (Å²) in [5, 5.41) is 16.2. The normalized spacial score (nSPS) is 32.7. The molecule has 186 valence electrons. The fourth-order valence-electron chi connectivity index (χ4n) is 5.88. The molecule has 2 bridgehead atoms. The number of halogens is 1. The molecule has 3 N–H and O–H groups in total. The number of likely N-dealkylation sites (tertiary alicyclic amines) is 1. The molecule has 1 aromatic rings. The van der Waals surface area contributed by atoms with Crippen LogP contribution >= 0.6 is 27.7 Å². The molecular formula is C25H34BrN3O4S. The fraction of sp³-hybridized carbons (Fsp3) is 0.640. The van der Waals surface area contributed by atoms with Crippen LogP contribution in [0.25, 0.3) is 0 Å². The van der Waals surface area contributed by atoms with E-state index in [0.29, 0.717) is 18.7 Å². The number of para-hydroxylation sites is 1. The molecule has 3 unspecified atom stereocenters. The van der Waals surface area contributed by atoms with E-state index in [1.54, 1.807) is 16.7 Å². The van der Waals surface area contributed by atoms with Crippen LogP contribution in [0.3, 0.4) is 0 Å². The van der Waals surface area contributed by atoms with Gasteiger partial charge in [-0.25, -0.2) is 0 Å². The monoisotopic (exact) mass is 551 g/mol. The van der Waals surface area contributed by atoms with Crippen molar-refractivity contribution in [3.05, 3.63) is 30.3 Å². The number of nitrogens with one attached hydrogen (secondary N) is 2. The Morgan fingerprint density at radius 3 is 2.59 bits per heavy atom. The third kappa shape index (κ3) is 4.17. The SMILES string of the molecule is CCCCNC(=O)C1N([C@@H](CO)C(C)C)C(=O)[C@@H]2[C@H](C(=O)Nc3ccccc3)[C@H]3SC12CC3Br. The minimum Gasteiger partial charge on any atom is -0.394 e. The minimum atomic E-state index is -0.717. The van der Waals surface area contributed by atoms with Crippen LogP contribution in [0.5, 0.6) is 0 Å². The highest BCUT2D eigenvalue weighted by atomic mass is 79.9. The van der Waals surface area contributed by atoms with Crippen LogP contribution in [-0.2, 0) is 14.4 Å². The number of thioether (sulfide) groups is 1. The molecule has 1 aromatic carbocycles. The first-order valence-corrected chi connectivity index (χ1v) is 13.9. The van der Waals surface area contributed by atoms with Crippen molar-refractivity contribution in [1.82, 2.24) is 10.2 Å². The van der Waals surface area contributed by atoms with Gasteiger partial charge in [-0.05, 0) is 30.9 Å². The van der Waals surface area contributed by atoms with Crippen LogP contribution in [0, 0.1) is 17.8 Å². The zero-order valence-electron chi connectivity index (χ0n) is 19.9. The van der Waals surface area contributed by atoms with Gasteiger partial charge >= 0.3 is 0 Å². The van der Waals surface area contributed by atoms with Gasteiger partial charge in [0.1, 0.15) is 6.04 Å². The number of aliphatic hydroxyl groups excluding tert-OH is 1. The van der Waals surface area contributed by atoms with Gasteiger partial charge in [0, 0.05) is 22.3 Å². The fourth-order valence-corrected chi connectivity index (χ4v) is 9.48. The molecule has 3 saturated heterocycles. The molecule has 7 atom stereocenters. The van der Waals surface area contributed by atoms with Gasteiger partial charge in [-0.15, -0.1) is 11.8 Å². The van der Waals surface area contributed by atoms with E-state index < -0.39 is 28.7 Å². The summed E-state index contributed by atoms with van der Waals surface area (Å²) in [7, 11) is 0. The molecule has 0 aliphatic carbocycles. The van der Waals surface area contributed by atoms with E-state index in [2.05, 4.69) is 33.5 Å². The molecule has 1 spiro atoms. The van der Waals surface area contributed by atoms with Crippen LogP contribution < -0.4 is 10.6 Å². The van der Waals surface area contributed by atoms with E-state index in [-0.39, 0.29) is 40.3 Å². The molecule has 3 aliphatic rings. The molecule has 3 amide bonds. The second kappa shape index (κ2) is 10.2. The molecule has 34 heavy (non-hydrogen) atoms. The standard InChI is InChI=1S/C25H34BrN3O4S/c1-4-5-11-27-23(32)21-25-12-16(26)20(34-25)18(22(31)28-15-9-7-6-8-10-15)19(25)24(33)29(21)17(13-30)14(2)3/h6-10,14,16-21,30H,4-5,11-13H2,1-3H3,(H,27,32)(H,28,31)/t16?,17-,18-,19-,20-,21?,25?/m0/s1. The summed E-state index contributed by atoms with van der Waals surface area (Å²) >= 11 is 5.39. The zero-order chi connectivity index (χ0) is 24.6. The van der Waals surface area contributed by atoms with E-state index in [9.17, 15) is 19.5 Å². The van der Waals surface area contributed by atoms with Crippen molar-refractivity contribution in [1.29, 1.82) is 0 Å². The molecular weight excluding hydrogens is 518 g/mol. The molecule has 0 radical (unpaired) electrons. The van der Waals surface area contributed by atoms with E-state index >= 15 is 0 Å². The topological polar surface area (TPSA) is 98.7 Å². The van der Waals surface area contributed by atoms with Crippen molar-refractivity contribution in [3.63, 3.8) is 0 Å². The predicted molar refractivity (Wildman–Crippen MR) is 138 cm³/mol. The lowest BCUT2D eigenvalue weighted by atomic mass is 9.70. The number of nitrogens with zero attached hydrogens (tertiary/aromatic N) is 1. The summed E-state index contributed by atoms with van der Waals surface area (Å²) in [5.41, 5.74) is 0.687. The summed E-state index contributed by atoms with van der Waals surface area (Å²) in [5.74, 6) is -1.75. The summed E-state index contributed by atoms with van der Waals surface area (Å²) < 4.78 is -0.701. The molecule has 3 fully saturated rings. The van der Waals surface area contributed by atoms with Crippen LogP contribution in [0.4, 0.5) is 5.69 Å². The number of benzene rings is 1. The van der Waals surface area contributed by atoms with Crippen molar-refractivity contribution in [3.8, 4) is 0 Å². The quantitative estimate of drug-likeness (QED) is 0.323. The Morgan fingerprint density at radius 1 is 1.26 bits per heavy atom. The number of carbonyl (C=O) groups excluding carboxylic acids is 3. The van der Waals surface area contributed by atoms with Crippen molar-refractivity contribution in [2.75, 3.05) is 18.5 Å². The third-order valence-electron chi connectivity index (χ3n) is 7.46. The van der Waals surface area contributed by atoms with Gasteiger partial charge in [0.25, 0.3) is 0 Å². The molecule has 3 aliphatic heterocycles. The largest absolute Gasteiger partial charge is 0.394 e. The lowest BCUT2D eigenvalue weighted by molar-refractivity contribution is -0.143. The second-order valence-electron chi connectivity index (χ2n) is 9.90. The average molecular weight is 553 g/mol. The predicted octanol–water partition coefficient (Wildman–Crippen LogP) is 3.02. The maximum absolute atomic E-state index is 14.0. The third-order valence-corrected chi connectivity index (χ3v) is 10.7. The molecule has 4 rings (SSSR count). The van der Waals surface area contributed by atoms with E-state index in [1.165, 1.54) is 0 Å². The highest BCUT2D eigenvalue weighted by Gasteiger charge is 2.76. The highest BCUT2D eigenvalue weighted by molar-refractivity contribution is 9.09. The number of carbonyl (C=O) groups is 3. The van der Waals surface area contributed by atoms with Gasteiger partial charge in [-0.3, -0.25) is 14.4 Å². The first kappa shape index (κ1) is 25.5. The second-order valence-corrected chi connectivity index (χ2v) is 12.6. The van der Waals surface area contributed by atoms with Gasteiger partial charge in [-0.2, -0.15) is 0 Å². The van der Waals surface area contributed by atoms with Crippen LogP contribution in [-0.4, -0.2) is 67.8 Å². The Kier molecular flexibility index (Phi) is 7.64. The van der Waals surface area contributed by atoms with Crippen LogP contribution in [0.15, 0.2) is 30.3 Å². The Balaban J connectivity index is 1.72. The smallest absolute Gasteiger partial charge is 0.244 e. The number of fused-ring (bicyclic) bond motifs is 1. The number of alkyl halides is 1. The Bertz CT molecular complexity index is 932. The number of unbranched alkanes of at least 4 members (excludes halogenated alkanes) is 1. The molecule has 9 heteroatoms. The number of aliphatic hydroxyl groups is 1. The maximum Gasteiger partial charge on any atom is 0.244 e. The number of anilines is 1. The lowest BCUT2D eigenvalue weighted by Crippen LogP contribution is -2.58. The molecule has 0 aromatic heterocycles. The van der Waals surface area contributed by atoms with Gasteiger partial charge in [0.15, 0.2) is 0 Å². The maximum atomic E-state index is 14.0.